The van der Waals surface area contributed by atoms with Gasteiger partial charge in [-0.25, -0.2) is 4.98 Å². The van der Waals surface area contributed by atoms with Crippen molar-refractivity contribution in [2.45, 2.75) is 45.2 Å². The van der Waals surface area contributed by atoms with Gasteiger partial charge in [0.15, 0.2) is 5.96 Å². The van der Waals surface area contributed by atoms with E-state index in [2.05, 4.69) is 38.5 Å². The second-order valence-electron chi connectivity index (χ2n) is 6.83. The maximum Gasteiger partial charge on any atom is 0.191 e. The predicted molar refractivity (Wildman–Crippen MR) is 106 cm³/mol. The van der Waals surface area contributed by atoms with Crippen LogP contribution in [0.1, 0.15) is 38.2 Å². The lowest BCUT2D eigenvalue weighted by atomic mass is 10.0. The zero-order valence-electron chi connectivity index (χ0n) is 16.3. The summed E-state index contributed by atoms with van der Waals surface area (Å²) in [6, 6.07) is 4.83. The van der Waals surface area contributed by atoms with Gasteiger partial charge in [-0.3, -0.25) is 9.89 Å². The molecule has 0 radical (unpaired) electrons. The average Bonchev–Trinajstić information content (AvgIpc) is 2.65. The highest BCUT2D eigenvalue weighted by Crippen LogP contribution is 2.18. The van der Waals surface area contributed by atoms with Crippen LogP contribution < -0.4 is 15.5 Å². The van der Waals surface area contributed by atoms with E-state index in [1.165, 1.54) is 32.2 Å². The summed E-state index contributed by atoms with van der Waals surface area (Å²) in [5, 5.41) is 6.84. The Bertz CT molecular complexity index is 542. The number of nitrogens with one attached hydrogen (secondary N) is 2. The molecule has 1 aliphatic rings. The van der Waals surface area contributed by atoms with Crippen LogP contribution in [0.2, 0.25) is 0 Å². The van der Waals surface area contributed by atoms with Crippen molar-refractivity contribution in [1.82, 2.24) is 20.5 Å². The van der Waals surface area contributed by atoms with Gasteiger partial charge in [0.05, 0.1) is 0 Å². The Hall–Kier alpha value is -1.82. The third-order valence-electron chi connectivity index (χ3n) is 4.87. The van der Waals surface area contributed by atoms with Gasteiger partial charge in [-0.15, -0.1) is 0 Å². The van der Waals surface area contributed by atoms with Crippen molar-refractivity contribution >= 4 is 11.8 Å². The number of rotatable bonds is 7. The fraction of sp³-hybridized carbons (Fsp3) is 0.684. The maximum absolute atomic E-state index is 4.44. The lowest BCUT2D eigenvalue weighted by Gasteiger charge is -2.35. The summed E-state index contributed by atoms with van der Waals surface area (Å²) in [4.78, 5) is 13.4. The molecule has 140 valence electrons. The minimum absolute atomic E-state index is 0.711. The zero-order valence-corrected chi connectivity index (χ0v) is 16.3. The van der Waals surface area contributed by atoms with Crippen molar-refractivity contribution in [2.75, 3.05) is 45.7 Å². The van der Waals surface area contributed by atoms with Crippen molar-refractivity contribution in [3.8, 4) is 0 Å². The van der Waals surface area contributed by atoms with E-state index in [-0.39, 0.29) is 0 Å². The molecule has 1 fully saturated rings. The fourth-order valence-electron chi connectivity index (χ4n) is 3.51. The zero-order chi connectivity index (χ0) is 18.1. The first-order valence-electron chi connectivity index (χ1n) is 9.45. The number of aromatic nitrogens is 1. The Kier molecular flexibility index (Phi) is 7.98. The highest BCUT2D eigenvalue weighted by Gasteiger charge is 2.19. The van der Waals surface area contributed by atoms with Crippen LogP contribution in [0.4, 0.5) is 5.82 Å². The Balaban J connectivity index is 1.79. The lowest BCUT2D eigenvalue weighted by Crippen LogP contribution is -2.45. The number of aliphatic imine (C=N–C) groups is 1. The summed E-state index contributed by atoms with van der Waals surface area (Å²) in [5.41, 5.74) is 1.16. The third kappa shape index (κ3) is 5.88. The summed E-state index contributed by atoms with van der Waals surface area (Å²) >= 11 is 0. The first kappa shape index (κ1) is 19.5. The van der Waals surface area contributed by atoms with Gasteiger partial charge < -0.3 is 15.5 Å². The second-order valence-corrected chi connectivity index (χ2v) is 6.83. The van der Waals surface area contributed by atoms with Gasteiger partial charge in [0.25, 0.3) is 0 Å². The molecule has 1 aromatic heterocycles. The first-order valence-corrected chi connectivity index (χ1v) is 9.45. The standard InChI is InChI=1S/C19H34N6/c1-5-17-10-6-7-13-25(17)14-12-22-19(20-2)23-15-16-9-8-11-21-18(16)24(3)4/h8-9,11,17H,5-7,10,12-15H2,1-4H3,(H2,20,22,23). The molecule has 1 aromatic rings. The van der Waals surface area contributed by atoms with Gasteiger partial charge >= 0.3 is 0 Å². The van der Waals surface area contributed by atoms with Crippen molar-refractivity contribution in [2.24, 2.45) is 4.99 Å². The molecule has 0 aliphatic carbocycles. The summed E-state index contributed by atoms with van der Waals surface area (Å²) in [5.74, 6) is 1.84. The van der Waals surface area contributed by atoms with Gasteiger partial charge in [-0.1, -0.05) is 19.4 Å². The Labute approximate surface area is 152 Å². The van der Waals surface area contributed by atoms with Crippen LogP contribution in [0.3, 0.4) is 0 Å². The molecule has 6 nitrogen and oxygen atoms in total. The minimum Gasteiger partial charge on any atom is -0.362 e. The number of guanidine groups is 1. The second kappa shape index (κ2) is 10.2. The van der Waals surface area contributed by atoms with Crippen LogP contribution in [-0.4, -0.2) is 62.7 Å². The maximum atomic E-state index is 4.44. The molecule has 2 N–H and O–H groups in total. The summed E-state index contributed by atoms with van der Waals surface area (Å²) in [6.45, 7) is 6.24. The van der Waals surface area contributed by atoms with E-state index >= 15 is 0 Å². The van der Waals surface area contributed by atoms with Crippen molar-refractivity contribution in [1.29, 1.82) is 0 Å². The number of hydrogen-bond acceptors (Lipinski definition) is 4. The van der Waals surface area contributed by atoms with Gasteiger partial charge in [-0.05, 0) is 31.9 Å². The molecule has 0 spiro atoms. The molecule has 25 heavy (non-hydrogen) atoms. The molecule has 0 bridgehead atoms. The van der Waals surface area contributed by atoms with E-state index in [1.54, 1.807) is 0 Å². The molecule has 2 heterocycles. The van der Waals surface area contributed by atoms with E-state index < -0.39 is 0 Å². The molecule has 0 aromatic carbocycles. The molecular weight excluding hydrogens is 312 g/mol. The van der Waals surface area contributed by atoms with E-state index in [4.69, 9.17) is 0 Å². The Morgan fingerprint density at radius 3 is 2.92 bits per heavy atom. The molecule has 1 saturated heterocycles. The highest BCUT2D eigenvalue weighted by molar-refractivity contribution is 5.79. The average molecular weight is 347 g/mol. The molecule has 0 saturated carbocycles. The summed E-state index contributed by atoms with van der Waals surface area (Å²) < 4.78 is 0. The Morgan fingerprint density at radius 2 is 2.20 bits per heavy atom. The van der Waals surface area contributed by atoms with Crippen molar-refractivity contribution < 1.29 is 0 Å². The van der Waals surface area contributed by atoms with E-state index in [1.807, 2.05) is 38.3 Å². The molecule has 0 amide bonds. The van der Waals surface area contributed by atoms with Crippen molar-refractivity contribution in [3.05, 3.63) is 23.9 Å². The van der Waals surface area contributed by atoms with Crippen molar-refractivity contribution in [3.63, 3.8) is 0 Å². The van der Waals surface area contributed by atoms with E-state index in [0.717, 1.165) is 36.5 Å². The molecular formula is C19H34N6. The van der Waals surface area contributed by atoms with Crippen LogP contribution in [0, 0.1) is 0 Å². The Morgan fingerprint density at radius 1 is 1.36 bits per heavy atom. The number of pyridine rings is 1. The number of nitrogens with zero attached hydrogens (tertiary/aromatic N) is 4. The van der Waals surface area contributed by atoms with Crippen LogP contribution in [0.15, 0.2) is 23.3 Å². The monoisotopic (exact) mass is 346 g/mol. The van der Waals surface area contributed by atoms with Crippen LogP contribution in [0.5, 0.6) is 0 Å². The number of piperidine rings is 1. The first-order chi connectivity index (χ1) is 12.2. The van der Waals surface area contributed by atoms with Crippen LogP contribution in [-0.2, 0) is 6.54 Å². The highest BCUT2D eigenvalue weighted by atomic mass is 15.2. The lowest BCUT2D eigenvalue weighted by molar-refractivity contribution is 0.147. The number of anilines is 1. The normalized spacial score (nSPS) is 18.9. The molecule has 1 unspecified atom stereocenters. The van der Waals surface area contributed by atoms with E-state index in [0.29, 0.717) is 6.54 Å². The SMILES string of the molecule is CCC1CCCCN1CCNC(=NC)NCc1cccnc1N(C)C. The van der Waals surface area contributed by atoms with Gasteiger partial charge in [0.2, 0.25) is 0 Å². The van der Waals surface area contributed by atoms with Gasteiger partial charge in [0, 0.05) is 58.6 Å². The smallest absolute Gasteiger partial charge is 0.191 e. The molecule has 1 aliphatic heterocycles. The predicted octanol–water partition coefficient (Wildman–Crippen LogP) is 2.08. The molecule has 1 atom stereocenters. The topological polar surface area (TPSA) is 55.8 Å². The van der Waals surface area contributed by atoms with Gasteiger partial charge in [-0.2, -0.15) is 0 Å². The quantitative estimate of drug-likeness (QED) is 0.585. The molecule has 2 rings (SSSR count). The fourth-order valence-corrected chi connectivity index (χ4v) is 3.51. The number of hydrogen-bond donors (Lipinski definition) is 2. The number of likely N-dealkylation sites (tertiary alicyclic amines) is 1. The minimum atomic E-state index is 0.711. The van der Waals surface area contributed by atoms with E-state index in [9.17, 15) is 0 Å². The summed E-state index contributed by atoms with van der Waals surface area (Å²) in [7, 11) is 5.85. The van der Waals surface area contributed by atoms with Crippen LogP contribution in [0.25, 0.3) is 0 Å². The largest absolute Gasteiger partial charge is 0.362 e. The van der Waals surface area contributed by atoms with Gasteiger partial charge in [0.1, 0.15) is 5.82 Å². The summed E-state index contributed by atoms with van der Waals surface area (Å²) in [6.07, 6.45) is 7.14. The van der Waals surface area contributed by atoms with Crippen LogP contribution >= 0.6 is 0 Å². The third-order valence-corrected chi connectivity index (χ3v) is 4.87. The molecule has 6 heteroatoms.